The Hall–Kier alpha value is -3.21. The van der Waals surface area contributed by atoms with E-state index in [0.717, 1.165) is 12.1 Å². The lowest BCUT2D eigenvalue weighted by Gasteiger charge is -2.28. The maximum atomic E-state index is 12.8. The summed E-state index contributed by atoms with van der Waals surface area (Å²) in [6.45, 7) is 5.67. The first-order valence-corrected chi connectivity index (χ1v) is 9.65. The zero-order valence-electron chi connectivity index (χ0n) is 16.2. The van der Waals surface area contributed by atoms with Gasteiger partial charge in [-0.1, -0.05) is 50.2 Å². The summed E-state index contributed by atoms with van der Waals surface area (Å²) in [5, 5.41) is 3.23. The van der Waals surface area contributed by atoms with Gasteiger partial charge in [-0.05, 0) is 41.2 Å². The molecule has 1 aliphatic rings. The third kappa shape index (κ3) is 3.88. The van der Waals surface area contributed by atoms with Crippen molar-refractivity contribution in [2.75, 3.05) is 11.9 Å². The number of rotatable bonds is 4. The minimum absolute atomic E-state index is 0.0742. The average molecular weight is 372 g/mol. The van der Waals surface area contributed by atoms with Crippen LogP contribution in [0.2, 0.25) is 0 Å². The molecule has 1 aliphatic heterocycles. The predicted molar refractivity (Wildman–Crippen MR) is 111 cm³/mol. The van der Waals surface area contributed by atoms with Crippen molar-refractivity contribution in [1.82, 2.24) is 14.9 Å². The first-order chi connectivity index (χ1) is 13.6. The molecule has 1 aromatic heterocycles. The van der Waals surface area contributed by atoms with Crippen molar-refractivity contribution in [3.63, 3.8) is 0 Å². The Bertz CT molecular complexity index is 965. The molecule has 2 heterocycles. The number of hydrogen-bond donors (Lipinski definition) is 1. The topological polar surface area (TPSA) is 58.1 Å². The number of nitrogens with one attached hydrogen (secondary N) is 1. The number of aromatic nitrogens is 2. The second-order valence-corrected chi connectivity index (χ2v) is 7.43. The van der Waals surface area contributed by atoms with Gasteiger partial charge in [-0.25, -0.2) is 9.97 Å². The maximum absolute atomic E-state index is 12.8. The van der Waals surface area contributed by atoms with Crippen molar-refractivity contribution >= 4 is 17.4 Å². The van der Waals surface area contributed by atoms with Crippen molar-refractivity contribution in [3.05, 3.63) is 83.3 Å². The summed E-state index contributed by atoms with van der Waals surface area (Å²) in [6.07, 6.45) is 4.04. The van der Waals surface area contributed by atoms with Crippen LogP contribution in [0.3, 0.4) is 0 Å². The minimum Gasteiger partial charge on any atom is -0.339 e. The Morgan fingerprint density at radius 2 is 1.75 bits per heavy atom. The summed E-state index contributed by atoms with van der Waals surface area (Å²) in [7, 11) is 0. The third-order valence-corrected chi connectivity index (χ3v) is 5.14. The van der Waals surface area contributed by atoms with Crippen molar-refractivity contribution < 1.29 is 4.79 Å². The molecule has 0 saturated heterocycles. The first-order valence-electron chi connectivity index (χ1n) is 9.65. The van der Waals surface area contributed by atoms with Crippen LogP contribution >= 0.6 is 0 Å². The number of amides is 1. The molecule has 0 atom stereocenters. The van der Waals surface area contributed by atoms with E-state index in [1.807, 2.05) is 29.2 Å². The van der Waals surface area contributed by atoms with E-state index in [-0.39, 0.29) is 5.91 Å². The molecule has 0 radical (unpaired) electrons. The molecule has 2 aromatic carbocycles. The maximum Gasteiger partial charge on any atom is 0.274 e. The normalized spacial score (nSPS) is 13.3. The number of nitrogens with zero attached hydrogens (tertiary/aromatic N) is 3. The highest BCUT2D eigenvalue weighted by Gasteiger charge is 2.22. The lowest BCUT2D eigenvalue weighted by molar-refractivity contribution is 0.0728. The quantitative estimate of drug-likeness (QED) is 0.730. The number of fused-ring (bicyclic) bond motifs is 1. The van der Waals surface area contributed by atoms with E-state index >= 15 is 0 Å². The molecule has 0 bridgehead atoms. The number of hydrogen-bond acceptors (Lipinski definition) is 4. The number of carbonyl (C=O) groups is 1. The molecule has 3 aromatic rings. The molecule has 5 nitrogen and oxygen atoms in total. The average Bonchev–Trinajstić information content (AvgIpc) is 2.74. The number of carbonyl (C=O) groups excluding carboxylic acids is 1. The van der Waals surface area contributed by atoms with E-state index in [0.29, 0.717) is 30.5 Å². The fraction of sp³-hybridized carbons (Fsp3) is 0.261. The summed E-state index contributed by atoms with van der Waals surface area (Å²) in [5.41, 5.74) is 5.14. The summed E-state index contributed by atoms with van der Waals surface area (Å²) in [5.74, 6) is 1.05. The molecular formula is C23H24N4O. The largest absolute Gasteiger partial charge is 0.339 e. The van der Waals surface area contributed by atoms with E-state index in [1.54, 1.807) is 12.4 Å². The summed E-state index contributed by atoms with van der Waals surface area (Å²) in [6, 6.07) is 16.5. The van der Waals surface area contributed by atoms with Crippen molar-refractivity contribution in [2.45, 2.75) is 32.7 Å². The van der Waals surface area contributed by atoms with E-state index in [2.05, 4.69) is 53.4 Å². The Balaban J connectivity index is 1.42. The second-order valence-electron chi connectivity index (χ2n) is 7.43. The van der Waals surface area contributed by atoms with Gasteiger partial charge in [-0.15, -0.1) is 0 Å². The van der Waals surface area contributed by atoms with Gasteiger partial charge in [0.15, 0.2) is 0 Å². The fourth-order valence-electron chi connectivity index (χ4n) is 3.43. The van der Waals surface area contributed by atoms with Crippen LogP contribution in [-0.4, -0.2) is 27.3 Å². The monoisotopic (exact) mass is 372 g/mol. The Morgan fingerprint density at radius 3 is 2.43 bits per heavy atom. The van der Waals surface area contributed by atoms with E-state index in [1.165, 1.54) is 16.7 Å². The third-order valence-electron chi connectivity index (χ3n) is 5.14. The summed E-state index contributed by atoms with van der Waals surface area (Å²) in [4.78, 5) is 23.3. The van der Waals surface area contributed by atoms with Crippen LogP contribution in [0.15, 0.2) is 60.9 Å². The molecule has 1 amide bonds. The standard InChI is InChI=1S/C23H24N4O/c1-16(2)17-7-9-20(10-8-17)26-22-14-24-21(13-25-22)23(28)27-12-11-18-5-3-4-6-19(18)15-27/h3-10,13-14,16H,11-12,15H2,1-2H3,(H,25,26). The van der Waals surface area contributed by atoms with Gasteiger partial charge in [0.1, 0.15) is 11.5 Å². The van der Waals surface area contributed by atoms with Crippen LogP contribution in [-0.2, 0) is 13.0 Å². The summed E-state index contributed by atoms with van der Waals surface area (Å²) < 4.78 is 0. The molecule has 1 N–H and O–H groups in total. The fourth-order valence-corrected chi connectivity index (χ4v) is 3.43. The van der Waals surface area contributed by atoms with Crippen LogP contribution < -0.4 is 5.32 Å². The van der Waals surface area contributed by atoms with Gasteiger partial charge >= 0.3 is 0 Å². The van der Waals surface area contributed by atoms with Crippen LogP contribution in [0.25, 0.3) is 0 Å². The van der Waals surface area contributed by atoms with Gasteiger partial charge < -0.3 is 10.2 Å². The number of anilines is 2. The van der Waals surface area contributed by atoms with Crippen molar-refractivity contribution in [1.29, 1.82) is 0 Å². The highest BCUT2D eigenvalue weighted by atomic mass is 16.2. The van der Waals surface area contributed by atoms with Crippen LogP contribution in [0.4, 0.5) is 11.5 Å². The van der Waals surface area contributed by atoms with Gasteiger partial charge in [0.05, 0.1) is 12.4 Å². The van der Waals surface area contributed by atoms with Crippen LogP contribution in [0.1, 0.15) is 46.9 Å². The molecule has 28 heavy (non-hydrogen) atoms. The Kier molecular flexibility index (Phi) is 5.06. The summed E-state index contributed by atoms with van der Waals surface area (Å²) >= 11 is 0. The molecule has 0 spiro atoms. The SMILES string of the molecule is CC(C)c1ccc(Nc2cnc(C(=O)N3CCc4ccccc4C3)cn2)cc1. The zero-order valence-corrected chi connectivity index (χ0v) is 16.2. The van der Waals surface area contributed by atoms with Gasteiger partial charge in [-0.2, -0.15) is 0 Å². The number of benzene rings is 2. The lowest BCUT2D eigenvalue weighted by Crippen LogP contribution is -2.36. The van der Waals surface area contributed by atoms with Gasteiger partial charge in [0.2, 0.25) is 0 Å². The highest BCUT2D eigenvalue weighted by Crippen LogP contribution is 2.21. The zero-order chi connectivity index (χ0) is 19.5. The van der Waals surface area contributed by atoms with E-state index in [9.17, 15) is 4.79 Å². The molecular weight excluding hydrogens is 348 g/mol. The van der Waals surface area contributed by atoms with Crippen LogP contribution in [0, 0.1) is 0 Å². The molecule has 0 saturated carbocycles. The van der Waals surface area contributed by atoms with E-state index in [4.69, 9.17) is 0 Å². The second kappa shape index (κ2) is 7.80. The first kappa shape index (κ1) is 18.2. The van der Waals surface area contributed by atoms with Crippen molar-refractivity contribution in [3.8, 4) is 0 Å². The van der Waals surface area contributed by atoms with Gasteiger partial charge in [0.25, 0.3) is 5.91 Å². The van der Waals surface area contributed by atoms with Gasteiger partial charge in [-0.3, -0.25) is 4.79 Å². The molecule has 142 valence electrons. The Labute approximate surface area is 165 Å². The molecule has 4 rings (SSSR count). The van der Waals surface area contributed by atoms with Crippen molar-refractivity contribution in [2.24, 2.45) is 0 Å². The highest BCUT2D eigenvalue weighted by molar-refractivity contribution is 5.92. The molecule has 0 unspecified atom stereocenters. The van der Waals surface area contributed by atoms with E-state index < -0.39 is 0 Å². The smallest absolute Gasteiger partial charge is 0.274 e. The van der Waals surface area contributed by atoms with Crippen LogP contribution in [0.5, 0.6) is 0 Å². The molecule has 0 fully saturated rings. The minimum atomic E-state index is -0.0742. The molecule has 5 heteroatoms. The van der Waals surface area contributed by atoms with Gasteiger partial charge in [0, 0.05) is 18.8 Å². The Morgan fingerprint density at radius 1 is 1.00 bits per heavy atom. The predicted octanol–water partition coefficient (Wildman–Crippen LogP) is 4.54. The lowest BCUT2D eigenvalue weighted by atomic mass is 10.00. The molecule has 0 aliphatic carbocycles.